The Morgan fingerprint density at radius 1 is 1.43 bits per heavy atom. The fraction of sp³-hybridized carbons (Fsp3) is 0.909. The highest BCUT2D eigenvalue weighted by Crippen LogP contribution is 2.08. The summed E-state index contributed by atoms with van der Waals surface area (Å²) in [6.45, 7) is 8.63. The zero-order valence-corrected chi connectivity index (χ0v) is 9.29. The molecule has 0 aromatic rings. The van der Waals surface area contributed by atoms with Crippen LogP contribution in [0.4, 0.5) is 0 Å². The number of carbonyl (C=O) groups excluding carboxylic acids is 1. The van der Waals surface area contributed by atoms with Crippen LogP contribution in [0.5, 0.6) is 0 Å². The van der Waals surface area contributed by atoms with E-state index < -0.39 is 0 Å². The molecule has 3 nitrogen and oxygen atoms in total. The Bertz CT molecular complexity index is 176. The summed E-state index contributed by atoms with van der Waals surface area (Å²) in [4.78, 5) is 13.4. The number of hydrogen-bond acceptors (Lipinski definition) is 3. The van der Waals surface area contributed by atoms with Crippen molar-refractivity contribution in [2.45, 2.75) is 26.7 Å². The maximum Gasteiger partial charge on any atom is 0.132 e. The molecule has 14 heavy (non-hydrogen) atoms. The summed E-state index contributed by atoms with van der Waals surface area (Å²) in [7, 11) is 0. The van der Waals surface area contributed by atoms with E-state index in [4.69, 9.17) is 4.74 Å². The normalized spacial score (nSPS) is 20.7. The smallest absolute Gasteiger partial charge is 0.132 e. The Morgan fingerprint density at radius 2 is 2.07 bits per heavy atom. The third-order valence-electron chi connectivity index (χ3n) is 2.91. The van der Waals surface area contributed by atoms with Gasteiger partial charge in [0.05, 0.1) is 13.2 Å². The summed E-state index contributed by atoms with van der Waals surface area (Å²) in [5, 5.41) is 0. The largest absolute Gasteiger partial charge is 0.379 e. The second-order valence-corrected chi connectivity index (χ2v) is 4.11. The van der Waals surface area contributed by atoms with Gasteiger partial charge < -0.3 is 4.74 Å². The summed E-state index contributed by atoms with van der Waals surface area (Å²) in [5.41, 5.74) is 0. The fourth-order valence-electron chi connectivity index (χ4n) is 1.65. The third kappa shape index (κ3) is 4.20. The summed E-state index contributed by atoms with van der Waals surface area (Å²) in [6, 6.07) is 0. The standard InChI is InChI=1S/C11H21NO2/c1-10(11(2)13)4-3-5-12-6-8-14-9-7-12/h10H,3-9H2,1-2H3. The molecule has 1 heterocycles. The van der Waals surface area contributed by atoms with E-state index in [2.05, 4.69) is 4.90 Å². The lowest BCUT2D eigenvalue weighted by Crippen LogP contribution is -2.37. The van der Waals surface area contributed by atoms with E-state index in [1.807, 2.05) is 6.92 Å². The molecule has 82 valence electrons. The van der Waals surface area contributed by atoms with Crippen molar-refractivity contribution in [3.05, 3.63) is 0 Å². The van der Waals surface area contributed by atoms with Crippen LogP contribution < -0.4 is 0 Å². The molecule has 0 aromatic carbocycles. The Labute approximate surface area is 86.4 Å². The average Bonchev–Trinajstić information content (AvgIpc) is 2.19. The number of ketones is 1. The topological polar surface area (TPSA) is 29.5 Å². The highest BCUT2D eigenvalue weighted by atomic mass is 16.5. The van der Waals surface area contributed by atoms with Gasteiger partial charge in [-0.15, -0.1) is 0 Å². The number of ether oxygens (including phenoxy) is 1. The van der Waals surface area contributed by atoms with Crippen molar-refractivity contribution in [1.82, 2.24) is 4.90 Å². The van der Waals surface area contributed by atoms with Gasteiger partial charge in [0.25, 0.3) is 0 Å². The van der Waals surface area contributed by atoms with Crippen LogP contribution >= 0.6 is 0 Å². The molecule has 0 radical (unpaired) electrons. The first-order valence-electron chi connectivity index (χ1n) is 5.50. The van der Waals surface area contributed by atoms with Crippen LogP contribution in [0.15, 0.2) is 0 Å². The predicted molar refractivity (Wildman–Crippen MR) is 56.3 cm³/mol. The molecule has 0 N–H and O–H groups in total. The molecule has 1 atom stereocenters. The van der Waals surface area contributed by atoms with Gasteiger partial charge in [0, 0.05) is 19.0 Å². The molecule has 3 heteroatoms. The van der Waals surface area contributed by atoms with Gasteiger partial charge in [0.1, 0.15) is 5.78 Å². The molecule has 0 bridgehead atoms. The number of Topliss-reactive ketones (excluding diaryl/α,β-unsaturated/α-hetero) is 1. The van der Waals surface area contributed by atoms with Crippen LogP contribution in [0.25, 0.3) is 0 Å². The van der Waals surface area contributed by atoms with Crippen molar-refractivity contribution in [2.24, 2.45) is 5.92 Å². The van der Waals surface area contributed by atoms with Crippen molar-refractivity contribution in [3.8, 4) is 0 Å². The molecule has 1 unspecified atom stereocenters. The molecule has 0 spiro atoms. The van der Waals surface area contributed by atoms with E-state index in [-0.39, 0.29) is 5.92 Å². The summed E-state index contributed by atoms with van der Waals surface area (Å²) in [5.74, 6) is 0.544. The van der Waals surface area contributed by atoms with Crippen molar-refractivity contribution in [2.75, 3.05) is 32.8 Å². The van der Waals surface area contributed by atoms with E-state index in [1.165, 1.54) is 0 Å². The van der Waals surface area contributed by atoms with Crippen molar-refractivity contribution in [1.29, 1.82) is 0 Å². The lowest BCUT2D eigenvalue weighted by Gasteiger charge is -2.26. The molecule has 1 saturated heterocycles. The zero-order chi connectivity index (χ0) is 10.4. The van der Waals surface area contributed by atoms with Crippen LogP contribution in [0, 0.1) is 5.92 Å². The van der Waals surface area contributed by atoms with Gasteiger partial charge in [-0.2, -0.15) is 0 Å². The number of rotatable bonds is 5. The van der Waals surface area contributed by atoms with E-state index in [0.717, 1.165) is 45.7 Å². The van der Waals surface area contributed by atoms with E-state index in [0.29, 0.717) is 5.78 Å². The molecule has 0 amide bonds. The van der Waals surface area contributed by atoms with Gasteiger partial charge in [-0.25, -0.2) is 0 Å². The third-order valence-corrected chi connectivity index (χ3v) is 2.91. The number of morpholine rings is 1. The highest BCUT2D eigenvalue weighted by molar-refractivity contribution is 5.77. The molecule has 1 rings (SSSR count). The Kier molecular flexibility index (Phi) is 5.12. The Morgan fingerprint density at radius 3 is 2.64 bits per heavy atom. The van der Waals surface area contributed by atoms with Gasteiger partial charge in [0.15, 0.2) is 0 Å². The Hall–Kier alpha value is -0.410. The molecule has 0 saturated carbocycles. The number of carbonyl (C=O) groups is 1. The minimum Gasteiger partial charge on any atom is -0.379 e. The fourth-order valence-corrected chi connectivity index (χ4v) is 1.65. The number of nitrogens with zero attached hydrogens (tertiary/aromatic N) is 1. The average molecular weight is 199 g/mol. The molecular weight excluding hydrogens is 178 g/mol. The molecule has 0 aliphatic carbocycles. The van der Waals surface area contributed by atoms with Crippen molar-refractivity contribution >= 4 is 5.78 Å². The lowest BCUT2D eigenvalue weighted by molar-refractivity contribution is -0.120. The maximum atomic E-state index is 11.0. The highest BCUT2D eigenvalue weighted by Gasteiger charge is 2.11. The van der Waals surface area contributed by atoms with E-state index >= 15 is 0 Å². The first kappa shape index (κ1) is 11.7. The second kappa shape index (κ2) is 6.14. The molecule has 0 aromatic heterocycles. The summed E-state index contributed by atoms with van der Waals surface area (Å²) in [6.07, 6.45) is 2.15. The Balaban J connectivity index is 2.05. The summed E-state index contributed by atoms with van der Waals surface area (Å²) < 4.78 is 5.27. The summed E-state index contributed by atoms with van der Waals surface area (Å²) >= 11 is 0. The van der Waals surface area contributed by atoms with Gasteiger partial charge in [0.2, 0.25) is 0 Å². The number of hydrogen-bond donors (Lipinski definition) is 0. The maximum absolute atomic E-state index is 11.0. The second-order valence-electron chi connectivity index (χ2n) is 4.11. The minimum atomic E-state index is 0.232. The van der Waals surface area contributed by atoms with E-state index in [9.17, 15) is 4.79 Å². The van der Waals surface area contributed by atoms with Crippen LogP contribution in [-0.2, 0) is 9.53 Å². The minimum absolute atomic E-state index is 0.232. The lowest BCUT2D eigenvalue weighted by atomic mass is 10.0. The SMILES string of the molecule is CC(=O)C(C)CCCN1CCOCC1. The van der Waals surface area contributed by atoms with Gasteiger partial charge in [-0.05, 0) is 26.3 Å². The monoisotopic (exact) mass is 199 g/mol. The first-order chi connectivity index (χ1) is 6.70. The van der Waals surface area contributed by atoms with Crippen molar-refractivity contribution in [3.63, 3.8) is 0 Å². The first-order valence-corrected chi connectivity index (χ1v) is 5.50. The zero-order valence-electron chi connectivity index (χ0n) is 9.29. The van der Waals surface area contributed by atoms with Gasteiger partial charge in [-0.1, -0.05) is 6.92 Å². The molecule has 1 aliphatic heterocycles. The predicted octanol–water partition coefficient (Wildman–Crippen LogP) is 1.32. The molecular formula is C11H21NO2. The van der Waals surface area contributed by atoms with Crippen LogP contribution in [0.3, 0.4) is 0 Å². The van der Waals surface area contributed by atoms with Crippen molar-refractivity contribution < 1.29 is 9.53 Å². The van der Waals surface area contributed by atoms with Gasteiger partial charge >= 0.3 is 0 Å². The van der Waals surface area contributed by atoms with Gasteiger partial charge in [-0.3, -0.25) is 9.69 Å². The van der Waals surface area contributed by atoms with Crippen LogP contribution in [0.1, 0.15) is 26.7 Å². The van der Waals surface area contributed by atoms with E-state index in [1.54, 1.807) is 6.92 Å². The molecule has 1 aliphatic rings. The van der Waals surface area contributed by atoms with Crippen LogP contribution in [-0.4, -0.2) is 43.5 Å². The van der Waals surface area contributed by atoms with Crippen LogP contribution in [0.2, 0.25) is 0 Å². The quantitative estimate of drug-likeness (QED) is 0.669. The molecule has 1 fully saturated rings.